The molecule has 0 aliphatic heterocycles. The van der Waals surface area contributed by atoms with E-state index in [4.69, 9.17) is 4.42 Å². The van der Waals surface area contributed by atoms with Crippen LogP contribution in [-0.4, -0.2) is 0 Å². The lowest BCUT2D eigenvalue weighted by Gasteiger charge is -1.99. The monoisotopic (exact) mass is 204 g/mol. The zero-order valence-electron chi connectivity index (χ0n) is 9.92. The van der Waals surface area contributed by atoms with Crippen LogP contribution >= 0.6 is 0 Å². The first-order valence-corrected chi connectivity index (χ1v) is 5.51. The number of rotatable bonds is 1. The fraction of sp³-hybridized carbons (Fsp3) is 0.429. The molecule has 0 saturated carbocycles. The highest BCUT2D eigenvalue weighted by molar-refractivity contribution is 5.51. The molecule has 0 saturated heterocycles. The lowest BCUT2D eigenvalue weighted by atomic mass is 10.1. The number of fused-ring (bicyclic) bond motifs is 1. The fourth-order valence-corrected chi connectivity index (χ4v) is 1.44. The Bertz CT molecular complexity index is 315. The number of hydrogen-bond acceptors (Lipinski definition) is 1. The Hall–Kier alpha value is -1.42. The van der Waals surface area contributed by atoms with Crippen LogP contribution in [0.15, 0.2) is 16.6 Å². The van der Waals surface area contributed by atoms with Crippen LogP contribution in [0.25, 0.3) is 6.08 Å². The maximum absolute atomic E-state index is 5.57. The Balaban J connectivity index is 0.000000442. The highest BCUT2D eigenvalue weighted by Gasteiger charge is 2.09. The third-order valence-electron chi connectivity index (χ3n) is 2.09. The molecule has 1 heterocycles. The van der Waals surface area contributed by atoms with E-state index >= 15 is 0 Å². The lowest BCUT2D eigenvalue weighted by molar-refractivity contribution is 0.504. The lowest BCUT2D eigenvalue weighted by Crippen LogP contribution is -1.87. The zero-order valence-corrected chi connectivity index (χ0v) is 9.92. The minimum absolute atomic E-state index is 1.00. The Morgan fingerprint density at radius 1 is 1.33 bits per heavy atom. The molecule has 82 valence electrons. The summed E-state index contributed by atoms with van der Waals surface area (Å²) in [5.41, 5.74) is 1.38. The van der Waals surface area contributed by atoms with Crippen LogP contribution < -0.4 is 0 Å². The molecule has 0 bridgehead atoms. The van der Waals surface area contributed by atoms with Gasteiger partial charge in [0.2, 0.25) is 0 Å². The Morgan fingerprint density at radius 3 is 2.53 bits per heavy atom. The first kappa shape index (κ1) is 13.6. The largest absolute Gasteiger partial charge is 0.461 e. The van der Waals surface area contributed by atoms with Gasteiger partial charge in [0.15, 0.2) is 0 Å². The van der Waals surface area contributed by atoms with Gasteiger partial charge in [-0.05, 0) is 30.5 Å². The second kappa shape index (κ2) is 7.94. The smallest absolute Gasteiger partial charge is 0.129 e. The number of furan rings is 1. The Morgan fingerprint density at radius 2 is 2.00 bits per heavy atom. The van der Waals surface area contributed by atoms with Crippen LogP contribution in [0.4, 0.5) is 0 Å². The summed E-state index contributed by atoms with van der Waals surface area (Å²) in [4.78, 5) is 0. The minimum atomic E-state index is 1.00. The van der Waals surface area contributed by atoms with Crippen LogP contribution in [0.3, 0.4) is 0 Å². The third kappa shape index (κ3) is 3.67. The van der Waals surface area contributed by atoms with Crippen molar-refractivity contribution in [1.82, 2.24) is 0 Å². The molecule has 0 spiro atoms. The standard InChI is InChI=1S/C10H12O.C2H6.C2H2/c1-2-9-7-8-5-3-4-6-10(8)11-9;2*1-2/h4,6-7H,2-3,5H2,1H3;1-2H3;1-2H. The average Bonchev–Trinajstić information content (AvgIpc) is 2.77. The minimum Gasteiger partial charge on any atom is -0.461 e. The molecule has 1 aromatic heterocycles. The van der Waals surface area contributed by atoms with Crippen LogP contribution in [0, 0.1) is 12.8 Å². The summed E-state index contributed by atoms with van der Waals surface area (Å²) < 4.78 is 5.57. The van der Waals surface area contributed by atoms with Gasteiger partial charge in [0.1, 0.15) is 11.5 Å². The van der Waals surface area contributed by atoms with E-state index in [9.17, 15) is 0 Å². The van der Waals surface area contributed by atoms with Crippen molar-refractivity contribution in [2.75, 3.05) is 0 Å². The molecule has 0 unspecified atom stereocenters. The molecule has 1 aromatic rings. The Labute approximate surface area is 93.2 Å². The van der Waals surface area contributed by atoms with E-state index in [1.807, 2.05) is 13.8 Å². The average molecular weight is 204 g/mol. The van der Waals surface area contributed by atoms with Crippen LogP contribution in [-0.2, 0) is 12.8 Å². The van der Waals surface area contributed by atoms with Crippen molar-refractivity contribution >= 4 is 6.08 Å². The van der Waals surface area contributed by atoms with Crippen molar-refractivity contribution in [2.45, 2.75) is 40.0 Å². The summed E-state index contributed by atoms with van der Waals surface area (Å²) in [6.45, 7) is 6.12. The molecule has 0 aromatic carbocycles. The zero-order chi connectivity index (χ0) is 11.7. The van der Waals surface area contributed by atoms with Gasteiger partial charge in [-0.1, -0.05) is 26.8 Å². The number of allylic oxidation sites excluding steroid dienone is 1. The summed E-state index contributed by atoms with van der Waals surface area (Å²) in [6, 6.07) is 2.18. The molecule has 1 aliphatic carbocycles. The van der Waals surface area contributed by atoms with E-state index in [2.05, 4.69) is 38.0 Å². The van der Waals surface area contributed by atoms with Crippen molar-refractivity contribution in [3.63, 3.8) is 0 Å². The maximum atomic E-state index is 5.57. The van der Waals surface area contributed by atoms with Crippen molar-refractivity contribution in [3.8, 4) is 12.8 Å². The Kier molecular flexibility index (Phi) is 7.18. The summed E-state index contributed by atoms with van der Waals surface area (Å²) in [7, 11) is 0. The molecular weight excluding hydrogens is 184 g/mol. The fourth-order valence-electron chi connectivity index (χ4n) is 1.44. The molecule has 2 rings (SSSR count). The SMILES string of the molecule is C#C.CC.CCc1cc2c(o1)C=CCC2. The molecule has 0 amide bonds. The van der Waals surface area contributed by atoms with Gasteiger partial charge in [0.25, 0.3) is 0 Å². The molecular formula is C14H20O. The van der Waals surface area contributed by atoms with Gasteiger partial charge in [-0.15, -0.1) is 12.8 Å². The van der Waals surface area contributed by atoms with Gasteiger partial charge in [-0.3, -0.25) is 0 Å². The predicted octanol–water partition coefficient (Wildman–Crippen LogP) is 4.08. The van der Waals surface area contributed by atoms with Crippen molar-refractivity contribution < 1.29 is 4.42 Å². The summed E-state index contributed by atoms with van der Waals surface area (Å²) in [5.74, 6) is 2.19. The molecule has 0 atom stereocenters. The highest BCUT2D eigenvalue weighted by Crippen LogP contribution is 2.22. The van der Waals surface area contributed by atoms with Gasteiger partial charge in [-0.25, -0.2) is 0 Å². The van der Waals surface area contributed by atoms with E-state index in [-0.39, 0.29) is 0 Å². The topological polar surface area (TPSA) is 13.1 Å². The second-order valence-corrected chi connectivity index (χ2v) is 2.90. The number of terminal acetylenes is 1. The van der Waals surface area contributed by atoms with Gasteiger partial charge >= 0.3 is 0 Å². The maximum Gasteiger partial charge on any atom is 0.129 e. The molecule has 0 radical (unpaired) electrons. The third-order valence-corrected chi connectivity index (χ3v) is 2.09. The molecule has 1 nitrogen and oxygen atoms in total. The molecule has 15 heavy (non-hydrogen) atoms. The summed E-state index contributed by atoms with van der Waals surface area (Å²) in [6.07, 6.45) is 15.6. The van der Waals surface area contributed by atoms with Crippen molar-refractivity contribution in [3.05, 3.63) is 29.2 Å². The van der Waals surface area contributed by atoms with E-state index in [0.717, 1.165) is 30.8 Å². The van der Waals surface area contributed by atoms with Gasteiger partial charge in [-0.2, -0.15) is 0 Å². The highest BCUT2D eigenvalue weighted by atomic mass is 16.3. The van der Waals surface area contributed by atoms with Gasteiger partial charge in [0, 0.05) is 6.42 Å². The van der Waals surface area contributed by atoms with Crippen molar-refractivity contribution in [1.29, 1.82) is 0 Å². The van der Waals surface area contributed by atoms with E-state index < -0.39 is 0 Å². The van der Waals surface area contributed by atoms with Crippen molar-refractivity contribution in [2.24, 2.45) is 0 Å². The summed E-state index contributed by atoms with van der Waals surface area (Å²) in [5, 5.41) is 0. The summed E-state index contributed by atoms with van der Waals surface area (Å²) >= 11 is 0. The predicted molar refractivity (Wildman–Crippen MR) is 66.7 cm³/mol. The first-order valence-electron chi connectivity index (χ1n) is 5.51. The van der Waals surface area contributed by atoms with E-state index in [1.165, 1.54) is 5.56 Å². The van der Waals surface area contributed by atoms with Gasteiger partial charge < -0.3 is 4.42 Å². The number of hydrogen-bond donors (Lipinski definition) is 0. The quantitative estimate of drug-likeness (QED) is 0.628. The van der Waals surface area contributed by atoms with Crippen LogP contribution in [0.5, 0.6) is 0 Å². The number of aryl methyl sites for hydroxylation is 2. The van der Waals surface area contributed by atoms with Crippen LogP contribution in [0.2, 0.25) is 0 Å². The molecule has 1 heteroatoms. The van der Waals surface area contributed by atoms with Gasteiger partial charge in [0.05, 0.1) is 0 Å². The van der Waals surface area contributed by atoms with Crippen LogP contribution in [0.1, 0.15) is 44.3 Å². The molecule has 0 N–H and O–H groups in total. The molecule has 0 fully saturated rings. The molecule has 1 aliphatic rings. The first-order chi connectivity index (χ1) is 7.40. The second-order valence-electron chi connectivity index (χ2n) is 2.90. The normalized spacial score (nSPS) is 11.5. The van der Waals surface area contributed by atoms with E-state index in [1.54, 1.807) is 0 Å². The van der Waals surface area contributed by atoms with E-state index in [0.29, 0.717) is 0 Å².